The summed E-state index contributed by atoms with van der Waals surface area (Å²) in [6.07, 6.45) is 2.00. The molecule has 56 heavy (non-hydrogen) atoms. The van der Waals surface area contributed by atoms with E-state index in [4.69, 9.17) is 20.4 Å². The molecule has 0 atom stereocenters. The van der Waals surface area contributed by atoms with E-state index in [0.717, 1.165) is 72.0 Å². The van der Waals surface area contributed by atoms with Gasteiger partial charge in [0.1, 0.15) is 0 Å². The van der Waals surface area contributed by atoms with E-state index in [1.54, 1.807) is 0 Å². The van der Waals surface area contributed by atoms with Gasteiger partial charge in [-0.05, 0) is 73.5 Å². The summed E-state index contributed by atoms with van der Waals surface area (Å²) in [5, 5.41) is 11.3. The van der Waals surface area contributed by atoms with Crippen molar-refractivity contribution in [3.8, 4) is 56.4 Å². The fourth-order valence-corrected chi connectivity index (χ4v) is 7.10. The van der Waals surface area contributed by atoms with Gasteiger partial charge in [0.25, 0.3) is 0 Å². The average molecular weight is 717 g/mol. The average Bonchev–Trinajstić information content (AvgIpc) is 3.29. The van der Waals surface area contributed by atoms with Gasteiger partial charge in [-0.25, -0.2) is 15.0 Å². The number of nitrogens with zero attached hydrogens (tertiary/aromatic N) is 3. The lowest BCUT2D eigenvalue weighted by Gasteiger charge is -2.14. The van der Waals surface area contributed by atoms with Crippen molar-refractivity contribution in [2.75, 3.05) is 0 Å². The molecule has 0 bridgehead atoms. The van der Waals surface area contributed by atoms with Gasteiger partial charge in [-0.15, -0.1) is 0 Å². The molecule has 8 aromatic carbocycles. The number of allylic oxidation sites excluding steroid dienone is 1. The fourth-order valence-electron chi connectivity index (χ4n) is 7.10. The minimum atomic E-state index is 0.473. The molecule has 0 aliphatic heterocycles. The summed E-state index contributed by atoms with van der Waals surface area (Å²) >= 11 is 0. The lowest BCUT2D eigenvalue weighted by atomic mass is 9.90. The number of fused-ring (bicyclic) bond motifs is 1. The van der Waals surface area contributed by atoms with Crippen molar-refractivity contribution >= 4 is 22.1 Å². The summed E-state index contributed by atoms with van der Waals surface area (Å²) in [6, 6.07) is 70.6. The molecule has 0 saturated heterocycles. The Morgan fingerprint density at radius 2 is 0.804 bits per heavy atom. The van der Waals surface area contributed by atoms with Gasteiger partial charge in [-0.3, -0.25) is 0 Å². The Morgan fingerprint density at radius 3 is 1.39 bits per heavy atom. The normalized spacial score (nSPS) is 11.4. The number of nitrogens with one attached hydrogen (secondary N) is 1. The zero-order valence-electron chi connectivity index (χ0n) is 30.5. The summed E-state index contributed by atoms with van der Waals surface area (Å²) in [4.78, 5) is 14.7. The molecule has 1 aromatic heterocycles. The molecule has 264 valence electrons. The van der Waals surface area contributed by atoms with E-state index in [2.05, 4.69) is 109 Å². The smallest absolute Gasteiger partial charge is 0.164 e. The van der Waals surface area contributed by atoms with Gasteiger partial charge in [-0.1, -0.05) is 194 Å². The molecule has 4 heteroatoms. The number of benzene rings is 8. The highest BCUT2D eigenvalue weighted by Crippen LogP contribution is 2.35. The molecule has 0 radical (unpaired) electrons. The van der Waals surface area contributed by atoms with Crippen molar-refractivity contribution in [1.82, 2.24) is 15.0 Å². The number of hydrogen-bond donors (Lipinski definition) is 1. The third kappa shape index (κ3) is 7.20. The topological polar surface area (TPSA) is 62.5 Å². The summed E-state index contributed by atoms with van der Waals surface area (Å²) in [7, 11) is 0. The molecule has 0 aliphatic rings. The van der Waals surface area contributed by atoms with Crippen LogP contribution in [0.4, 0.5) is 0 Å². The van der Waals surface area contributed by atoms with Crippen LogP contribution in [0.25, 0.3) is 72.8 Å². The molecule has 0 saturated carbocycles. The summed E-state index contributed by atoms with van der Waals surface area (Å²) in [5.74, 6) is 1.91. The number of hydrogen-bond acceptors (Lipinski definition) is 4. The van der Waals surface area contributed by atoms with Crippen LogP contribution in [0.3, 0.4) is 0 Å². The molecule has 0 aliphatic carbocycles. The van der Waals surface area contributed by atoms with Crippen molar-refractivity contribution in [2.45, 2.75) is 0 Å². The lowest BCUT2D eigenvalue weighted by molar-refractivity contribution is 1.07. The zero-order chi connectivity index (χ0) is 37.7. The standard InChI is InChI=1S/C52H36N4/c53-49(40-17-7-2-8-18-40)35-48(38-15-5-1-6-16-38)46-26-14-23-39-31-32-44(34-47(39)46)37-29-27-36(28-30-37)43-24-13-25-45(33-43)52-55-50(41-19-9-3-10-20-41)54-51(56-52)42-21-11-4-12-22-42/h1-35,53H/b48-35-,53-49?. The van der Waals surface area contributed by atoms with E-state index in [0.29, 0.717) is 23.2 Å². The van der Waals surface area contributed by atoms with Gasteiger partial charge in [-0.2, -0.15) is 0 Å². The van der Waals surface area contributed by atoms with E-state index in [1.807, 2.05) is 103 Å². The Morgan fingerprint density at radius 1 is 0.357 bits per heavy atom. The van der Waals surface area contributed by atoms with Gasteiger partial charge in [0.15, 0.2) is 17.5 Å². The summed E-state index contributed by atoms with van der Waals surface area (Å²) in [5.41, 5.74) is 11.8. The highest BCUT2D eigenvalue weighted by atomic mass is 15.0. The quantitative estimate of drug-likeness (QED) is 0.151. The molecule has 1 heterocycles. The van der Waals surface area contributed by atoms with Crippen LogP contribution in [0.5, 0.6) is 0 Å². The first kappa shape index (κ1) is 34.2. The minimum Gasteiger partial charge on any atom is -0.300 e. The third-order valence-corrected chi connectivity index (χ3v) is 10.0. The maximum Gasteiger partial charge on any atom is 0.164 e. The second kappa shape index (κ2) is 15.4. The van der Waals surface area contributed by atoms with Crippen LogP contribution in [0, 0.1) is 5.41 Å². The number of aromatic nitrogens is 3. The van der Waals surface area contributed by atoms with Gasteiger partial charge in [0, 0.05) is 16.7 Å². The summed E-state index contributed by atoms with van der Waals surface area (Å²) in [6.45, 7) is 0. The van der Waals surface area contributed by atoms with Crippen molar-refractivity contribution in [3.05, 3.63) is 229 Å². The van der Waals surface area contributed by atoms with Crippen LogP contribution in [-0.4, -0.2) is 20.7 Å². The second-order valence-corrected chi connectivity index (χ2v) is 13.6. The molecule has 9 rings (SSSR count). The zero-order valence-corrected chi connectivity index (χ0v) is 30.5. The predicted molar refractivity (Wildman–Crippen MR) is 231 cm³/mol. The van der Waals surface area contributed by atoms with E-state index in [9.17, 15) is 0 Å². The molecule has 0 amide bonds. The first-order chi connectivity index (χ1) is 27.7. The molecule has 0 unspecified atom stereocenters. The van der Waals surface area contributed by atoms with Crippen LogP contribution in [0.2, 0.25) is 0 Å². The Bertz CT molecular complexity index is 2770. The van der Waals surface area contributed by atoms with E-state index in [1.165, 1.54) is 0 Å². The predicted octanol–water partition coefficient (Wildman–Crippen LogP) is 12.9. The highest BCUT2D eigenvalue weighted by Gasteiger charge is 2.15. The molecular weight excluding hydrogens is 681 g/mol. The first-order valence-corrected chi connectivity index (χ1v) is 18.7. The minimum absolute atomic E-state index is 0.473. The van der Waals surface area contributed by atoms with Crippen molar-refractivity contribution in [3.63, 3.8) is 0 Å². The number of rotatable bonds is 9. The maximum atomic E-state index is 9.00. The molecule has 9 aromatic rings. The monoisotopic (exact) mass is 716 g/mol. The van der Waals surface area contributed by atoms with Gasteiger partial charge in [0.2, 0.25) is 0 Å². The van der Waals surface area contributed by atoms with Crippen LogP contribution in [0.15, 0.2) is 212 Å². The SMILES string of the molecule is N=C(/C=C(/c1ccccc1)c1cccc2ccc(-c3ccc(-c4cccc(-c5nc(-c6ccccc6)nc(-c6ccccc6)n5)c4)cc3)cc12)c1ccccc1. The van der Waals surface area contributed by atoms with Gasteiger partial charge >= 0.3 is 0 Å². The van der Waals surface area contributed by atoms with Crippen molar-refractivity contribution < 1.29 is 0 Å². The van der Waals surface area contributed by atoms with Crippen LogP contribution < -0.4 is 0 Å². The van der Waals surface area contributed by atoms with Crippen molar-refractivity contribution in [2.24, 2.45) is 0 Å². The molecule has 0 fully saturated rings. The Labute approximate surface area is 326 Å². The highest BCUT2D eigenvalue weighted by molar-refractivity contribution is 6.13. The largest absolute Gasteiger partial charge is 0.300 e. The maximum absolute atomic E-state index is 9.00. The second-order valence-electron chi connectivity index (χ2n) is 13.6. The Balaban J connectivity index is 1.06. The van der Waals surface area contributed by atoms with Crippen LogP contribution in [-0.2, 0) is 0 Å². The first-order valence-electron chi connectivity index (χ1n) is 18.7. The van der Waals surface area contributed by atoms with Gasteiger partial charge < -0.3 is 5.41 Å². The third-order valence-electron chi connectivity index (χ3n) is 10.0. The summed E-state index contributed by atoms with van der Waals surface area (Å²) < 4.78 is 0. The Hall–Kier alpha value is -7.56. The van der Waals surface area contributed by atoms with Gasteiger partial charge in [0.05, 0.1) is 5.71 Å². The van der Waals surface area contributed by atoms with Crippen LogP contribution in [0.1, 0.15) is 16.7 Å². The van der Waals surface area contributed by atoms with E-state index < -0.39 is 0 Å². The molecule has 0 spiro atoms. The molecule has 1 N–H and O–H groups in total. The Kier molecular flexibility index (Phi) is 9.43. The van der Waals surface area contributed by atoms with Crippen LogP contribution >= 0.6 is 0 Å². The lowest BCUT2D eigenvalue weighted by Crippen LogP contribution is -2.00. The van der Waals surface area contributed by atoms with E-state index in [-0.39, 0.29) is 0 Å². The fraction of sp³-hybridized carbons (Fsp3) is 0. The van der Waals surface area contributed by atoms with Crippen molar-refractivity contribution in [1.29, 1.82) is 5.41 Å². The molecular formula is C52H36N4. The van der Waals surface area contributed by atoms with E-state index >= 15 is 0 Å². The molecule has 4 nitrogen and oxygen atoms in total.